The molecule has 1 aliphatic rings. The average molecular weight is 1170 g/mol. The zero-order valence-electron chi connectivity index (χ0n) is 44.3. The minimum atomic E-state index is -0.245. The van der Waals surface area contributed by atoms with Gasteiger partial charge < -0.3 is 19.4 Å². The number of fused-ring (bicyclic) bond motifs is 4. The summed E-state index contributed by atoms with van der Waals surface area (Å²) in [6.07, 6.45) is 1.91. The molecular weight excluding hydrogens is 1110 g/mol. The second kappa shape index (κ2) is 19.6. The van der Waals surface area contributed by atoms with Crippen molar-refractivity contribution in [2.75, 3.05) is 9.80 Å². The van der Waals surface area contributed by atoms with Crippen LogP contribution in [0.15, 0.2) is 182 Å². The molecule has 11 aromatic rings. The Bertz CT molecular complexity index is 3920. The summed E-state index contributed by atoms with van der Waals surface area (Å²) in [5.41, 5.74) is 18.5. The second-order valence-corrected chi connectivity index (χ2v) is 21.9. The van der Waals surface area contributed by atoms with Gasteiger partial charge in [-0.3, -0.25) is 9.97 Å². The van der Waals surface area contributed by atoms with Gasteiger partial charge in [0.1, 0.15) is 11.6 Å². The molecule has 0 saturated heterocycles. The molecule has 7 nitrogen and oxygen atoms in total. The van der Waals surface area contributed by atoms with Crippen LogP contribution in [-0.4, -0.2) is 24.5 Å². The molecule has 4 heterocycles. The molecule has 0 N–H and O–H groups in total. The summed E-state index contributed by atoms with van der Waals surface area (Å²) in [5.74, 6) is 2.49. The maximum atomic E-state index is 5.43. The molecule has 0 radical (unpaired) electrons. The van der Waals surface area contributed by atoms with Gasteiger partial charge in [0, 0.05) is 66.5 Å². The standard InChI is InChI=1S/C68H58N7.Pt/c1-43-35-44(2)62(45(3)36-43)66-71-64(48-31-32-56-55-25-16-17-28-57(55)75(60(56)39-48)61-41-50(33-34-69-61)67(4,5)6)70-65(72-66)49-37-51(68(7,8)9)40-52(38-49)73-42-74(59-30-19-18-29-58(59)73)63-53(46-21-12-10-13-22-46)26-20-27-54(63)47-23-14-11-15-24-47;/h10-37,40-42H,1-9H3;/q-3;. The van der Waals surface area contributed by atoms with Crippen LogP contribution in [0.5, 0.6) is 0 Å². The van der Waals surface area contributed by atoms with Crippen LogP contribution in [-0.2, 0) is 31.9 Å². The minimum absolute atomic E-state index is 0. The molecule has 8 heteroatoms. The van der Waals surface area contributed by atoms with Crippen molar-refractivity contribution in [2.24, 2.45) is 0 Å². The molecule has 76 heavy (non-hydrogen) atoms. The van der Waals surface area contributed by atoms with E-state index in [1.54, 1.807) is 0 Å². The Kier molecular flexibility index (Phi) is 13.0. The van der Waals surface area contributed by atoms with Crippen molar-refractivity contribution in [3.63, 3.8) is 0 Å². The molecule has 0 amide bonds. The Morgan fingerprint density at radius 2 is 1.07 bits per heavy atom. The van der Waals surface area contributed by atoms with Crippen LogP contribution >= 0.6 is 0 Å². The molecule has 0 fully saturated rings. The molecule has 3 aromatic heterocycles. The maximum absolute atomic E-state index is 5.43. The van der Waals surface area contributed by atoms with Gasteiger partial charge in [-0.2, -0.15) is 0 Å². The number of benzene rings is 8. The quantitative estimate of drug-likeness (QED) is 0.141. The molecule has 0 aliphatic carbocycles. The van der Waals surface area contributed by atoms with E-state index in [4.69, 9.17) is 19.9 Å². The number of hydrogen-bond acceptors (Lipinski definition) is 6. The summed E-state index contributed by atoms with van der Waals surface area (Å²) in [7, 11) is 0. The van der Waals surface area contributed by atoms with Crippen molar-refractivity contribution in [1.29, 1.82) is 0 Å². The van der Waals surface area contributed by atoms with E-state index in [0.717, 1.165) is 106 Å². The number of aromatic nitrogens is 5. The first kappa shape index (κ1) is 50.2. The van der Waals surface area contributed by atoms with E-state index in [1.165, 1.54) is 11.1 Å². The van der Waals surface area contributed by atoms with Crippen LogP contribution in [0.3, 0.4) is 0 Å². The summed E-state index contributed by atoms with van der Waals surface area (Å²) in [6, 6.07) is 70.3. The number of rotatable bonds is 8. The van der Waals surface area contributed by atoms with E-state index in [2.05, 4.69) is 271 Å². The Hall–Kier alpha value is -7.99. The van der Waals surface area contributed by atoms with Crippen LogP contribution in [0.25, 0.3) is 84.0 Å². The molecule has 0 unspecified atom stereocenters. The first-order valence-electron chi connectivity index (χ1n) is 25.8. The third kappa shape index (κ3) is 9.11. The monoisotopic (exact) mass is 1170 g/mol. The van der Waals surface area contributed by atoms with Gasteiger partial charge in [-0.1, -0.05) is 180 Å². The number of hydrogen-bond donors (Lipinski definition) is 0. The third-order valence-corrected chi connectivity index (χ3v) is 14.5. The largest absolute Gasteiger partial charge is 0.488 e. The Balaban J connectivity index is 0.00000616. The van der Waals surface area contributed by atoms with E-state index in [-0.39, 0.29) is 31.9 Å². The fourth-order valence-corrected chi connectivity index (χ4v) is 10.8. The number of aryl methyl sites for hydroxylation is 3. The molecule has 378 valence electrons. The van der Waals surface area contributed by atoms with Gasteiger partial charge in [0.05, 0.1) is 11.6 Å². The van der Waals surface area contributed by atoms with E-state index >= 15 is 0 Å². The third-order valence-electron chi connectivity index (χ3n) is 14.5. The molecule has 0 spiro atoms. The normalized spacial score (nSPS) is 12.6. The molecular formula is C68H58N7Pt-3. The smallest absolute Gasteiger partial charge is 0.144 e. The fraction of sp³-hybridized carbons (Fsp3) is 0.162. The van der Waals surface area contributed by atoms with Gasteiger partial charge in [-0.05, 0) is 101 Å². The van der Waals surface area contributed by atoms with Gasteiger partial charge >= 0.3 is 0 Å². The number of para-hydroxylation sites is 4. The van der Waals surface area contributed by atoms with Gasteiger partial charge in [-0.25, -0.2) is 4.98 Å². The van der Waals surface area contributed by atoms with Crippen LogP contribution in [0, 0.1) is 39.6 Å². The van der Waals surface area contributed by atoms with Gasteiger partial charge in [0.2, 0.25) is 0 Å². The van der Waals surface area contributed by atoms with Crippen molar-refractivity contribution in [3.8, 4) is 62.2 Å². The number of nitrogens with zero attached hydrogens (tertiary/aromatic N) is 7. The van der Waals surface area contributed by atoms with Crippen LogP contribution in [0.4, 0.5) is 22.7 Å². The second-order valence-electron chi connectivity index (χ2n) is 21.9. The maximum Gasteiger partial charge on any atom is 0.144 e. The summed E-state index contributed by atoms with van der Waals surface area (Å²) < 4.78 is 2.22. The van der Waals surface area contributed by atoms with E-state index in [9.17, 15) is 0 Å². The van der Waals surface area contributed by atoms with Crippen LogP contribution < -0.4 is 9.80 Å². The average Bonchev–Trinajstić information content (AvgIpc) is 3.99. The zero-order valence-corrected chi connectivity index (χ0v) is 46.6. The van der Waals surface area contributed by atoms with E-state index < -0.39 is 0 Å². The van der Waals surface area contributed by atoms with Gasteiger partial charge in [-0.15, -0.1) is 59.8 Å². The summed E-state index contributed by atoms with van der Waals surface area (Å²) in [6.45, 7) is 22.1. The Morgan fingerprint density at radius 1 is 0.487 bits per heavy atom. The van der Waals surface area contributed by atoms with Gasteiger partial charge in [0.25, 0.3) is 0 Å². The van der Waals surface area contributed by atoms with E-state index in [1.807, 2.05) is 6.20 Å². The number of anilines is 4. The molecule has 12 rings (SSSR count). The molecule has 1 aliphatic heterocycles. The van der Waals surface area contributed by atoms with Gasteiger partial charge in [0.15, 0.2) is 0 Å². The number of pyridine rings is 1. The summed E-state index contributed by atoms with van der Waals surface area (Å²) >= 11 is 0. The summed E-state index contributed by atoms with van der Waals surface area (Å²) in [4.78, 5) is 25.8. The SMILES string of the molecule is Cc1cc(C)c(-c2nc(-c3[c-]c4c(cc3)c3ccccc3n4-c3cc(C(C)(C)C)ccn3)nc(-c3[c-]c(N4[CH-]N(c5c(-c6ccccc6)cccc5-c5ccccc5)c5ccccc54)cc(C(C)(C)C)c3)n2)c(C)c1.[Pt]. The molecule has 0 atom stereocenters. The van der Waals surface area contributed by atoms with Crippen molar-refractivity contribution in [2.45, 2.75) is 73.1 Å². The van der Waals surface area contributed by atoms with Crippen molar-refractivity contribution in [3.05, 3.63) is 229 Å². The Labute approximate surface area is 461 Å². The minimum Gasteiger partial charge on any atom is -0.488 e. The van der Waals surface area contributed by atoms with Crippen molar-refractivity contribution >= 4 is 44.6 Å². The molecule has 0 saturated carbocycles. The Morgan fingerprint density at radius 3 is 1.71 bits per heavy atom. The molecule has 8 aromatic carbocycles. The molecule has 0 bridgehead atoms. The van der Waals surface area contributed by atoms with Crippen molar-refractivity contribution in [1.82, 2.24) is 24.5 Å². The predicted molar refractivity (Wildman–Crippen MR) is 310 cm³/mol. The first-order valence-corrected chi connectivity index (χ1v) is 25.8. The zero-order chi connectivity index (χ0) is 51.8. The van der Waals surface area contributed by atoms with Crippen LogP contribution in [0.2, 0.25) is 0 Å². The summed E-state index contributed by atoms with van der Waals surface area (Å²) in [5, 5.41) is 2.20. The fourth-order valence-electron chi connectivity index (χ4n) is 10.8. The topological polar surface area (TPSA) is 63.0 Å². The van der Waals surface area contributed by atoms with E-state index in [0.29, 0.717) is 17.5 Å². The predicted octanol–water partition coefficient (Wildman–Crippen LogP) is 17.2. The van der Waals surface area contributed by atoms with Crippen molar-refractivity contribution < 1.29 is 21.1 Å². The first-order chi connectivity index (χ1) is 36.2. The van der Waals surface area contributed by atoms with Crippen LogP contribution in [0.1, 0.15) is 69.4 Å².